The Balaban J connectivity index is 1.46. The zero-order valence-electron chi connectivity index (χ0n) is 12.8. The van der Waals surface area contributed by atoms with Gasteiger partial charge in [-0.05, 0) is 38.8 Å². The second kappa shape index (κ2) is 8.47. The monoisotopic (exact) mass is 289 g/mol. The molecule has 0 amide bonds. The molecule has 2 rings (SSSR count). The zero-order chi connectivity index (χ0) is 14.9. The quantitative estimate of drug-likeness (QED) is 0.660. The molecule has 0 radical (unpaired) electrons. The van der Waals surface area contributed by atoms with Gasteiger partial charge in [0.2, 0.25) is 0 Å². The van der Waals surface area contributed by atoms with Crippen LogP contribution in [0.25, 0.3) is 0 Å². The van der Waals surface area contributed by atoms with E-state index in [2.05, 4.69) is 24.2 Å². The smallest absolute Gasteiger partial charge is 0.133 e. The summed E-state index contributed by atoms with van der Waals surface area (Å²) >= 11 is 0. The van der Waals surface area contributed by atoms with E-state index in [0.29, 0.717) is 6.61 Å². The summed E-state index contributed by atoms with van der Waals surface area (Å²) in [5.41, 5.74) is 2.24. The number of hydrogen-bond acceptors (Lipinski definition) is 4. The van der Waals surface area contributed by atoms with Gasteiger partial charge < -0.3 is 14.0 Å². The standard InChI is InChI=1S/C17H23NO3/c1-14-6-8-17(9-7-14)20-12-4-11-19-10-3-5-16-13-15(2)21-18-16/h6-9,13H,3-5,10-12H2,1-2H3. The Hall–Kier alpha value is -1.81. The first-order chi connectivity index (χ1) is 10.2. The highest BCUT2D eigenvalue weighted by atomic mass is 16.5. The molecule has 2 aromatic rings. The van der Waals surface area contributed by atoms with Gasteiger partial charge in [0.15, 0.2) is 0 Å². The summed E-state index contributed by atoms with van der Waals surface area (Å²) in [6.07, 6.45) is 2.76. The molecule has 0 fully saturated rings. The second-order valence-electron chi connectivity index (χ2n) is 5.16. The molecule has 1 heterocycles. The molecule has 0 bridgehead atoms. The highest BCUT2D eigenvalue weighted by Crippen LogP contribution is 2.11. The molecule has 0 unspecified atom stereocenters. The van der Waals surface area contributed by atoms with Crippen LogP contribution in [0.15, 0.2) is 34.9 Å². The van der Waals surface area contributed by atoms with E-state index in [4.69, 9.17) is 14.0 Å². The van der Waals surface area contributed by atoms with E-state index in [-0.39, 0.29) is 0 Å². The van der Waals surface area contributed by atoms with Crippen LogP contribution in [-0.2, 0) is 11.2 Å². The van der Waals surface area contributed by atoms with Gasteiger partial charge in [-0.3, -0.25) is 0 Å². The van der Waals surface area contributed by atoms with Gasteiger partial charge in [-0.15, -0.1) is 0 Å². The Morgan fingerprint density at radius 2 is 1.76 bits per heavy atom. The molecule has 0 atom stereocenters. The maximum atomic E-state index is 5.64. The molecule has 21 heavy (non-hydrogen) atoms. The molecule has 0 saturated heterocycles. The summed E-state index contributed by atoms with van der Waals surface area (Å²) in [4.78, 5) is 0. The summed E-state index contributed by atoms with van der Waals surface area (Å²) < 4.78 is 16.2. The van der Waals surface area contributed by atoms with Gasteiger partial charge in [-0.1, -0.05) is 22.9 Å². The van der Waals surface area contributed by atoms with Gasteiger partial charge in [0.25, 0.3) is 0 Å². The molecular weight excluding hydrogens is 266 g/mol. The van der Waals surface area contributed by atoms with Crippen molar-refractivity contribution in [3.8, 4) is 5.75 Å². The lowest BCUT2D eigenvalue weighted by atomic mass is 10.2. The molecule has 4 heteroatoms. The minimum absolute atomic E-state index is 0.686. The first-order valence-corrected chi connectivity index (χ1v) is 7.43. The van der Waals surface area contributed by atoms with Crippen molar-refractivity contribution in [1.29, 1.82) is 0 Å². The number of benzene rings is 1. The highest BCUT2D eigenvalue weighted by molar-refractivity contribution is 5.26. The van der Waals surface area contributed by atoms with Crippen LogP contribution in [0.4, 0.5) is 0 Å². The van der Waals surface area contributed by atoms with Crippen molar-refractivity contribution in [1.82, 2.24) is 5.16 Å². The zero-order valence-corrected chi connectivity index (χ0v) is 12.8. The van der Waals surface area contributed by atoms with E-state index in [1.54, 1.807) is 0 Å². The Morgan fingerprint density at radius 3 is 2.48 bits per heavy atom. The van der Waals surface area contributed by atoms with E-state index in [9.17, 15) is 0 Å². The molecule has 0 aliphatic heterocycles. The SMILES string of the molecule is Cc1ccc(OCCCOCCCc2cc(C)on2)cc1. The van der Waals surface area contributed by atoms with Gasteiger partial charge in [-0.2, -0.15) is 0 Å². The summed E-state index contributed by atoms with van der Waals surface area (Å²) in [5, 5.41) is 3.95. The van der Waals surface area contributed by atoms with E-state index in [1.807, 2.05) is 25.1 Å². The largest absolute Gasteiger partial charge is 0.494 e. The fourth-order valence-corrected chi connectivity index (χ4v) is 1.98. The predicted octanol–water partition coefficient (Wildman–Crippen LogP) is 3.71. The average molecular weight is 289 g/mol. The van der Waals surface area contributed by atoms with Crippen LogP contribution in [0.3, 0.4) is 0 Å². The third-order valence-electron chi connectivity index (χ3n) is 3.12. The fourth-order valence-electron chi connectivity index (χ4n) is 1.98. The predicted molar refractivity (Wildman–Crippen MR) is 81.7 cm³/mol. The first-order valence-electron chi connectivity index (χ1n) is 7.43. The Kier molecular flexibility index (Phi) is 6.28. The Labute approximate surface area is 126 Å². The number of rotatable bonds is 9. The van der Waals surface area contributed by atoms with Crippen molar-refractivity contribution in [3.05, 3.63) is 47.3 Å². The molecular formula is C17H23NO3. The number of aryl methyl sites for hydroxylation is 3. The van der Waals surface area contributed by atoms with E-state index >= 15 is 0 Å². The average Bonchev–Trinajstić information content (AvgIpc) is 2.89. The minimum Gasteiger partial charge on any atom is -0.494 e. The van der Waals surface area contributed by atoms with Crippen molar-refractivity contribution in [3.63, 3.8) is 0 Å². The van der Waals surface area contributed by atoms with Crippen molar-refractivity contribution in [2.45, 2.75) is 33.1 Å². The first kappa shape index (κ1) is 15.6. The molecule has 0 saturated carbocycles. The van der Waals surface area contributed by atoms with E-state index < -0.39 is 0 Å². The van der Waals surface area contributed by atoms with Crippen LogP contribution in [0.1, 0.15) is 29.9 Å². The molecule has 0 aliphatic rings. The number of ether oxygens (including phenoxy) is 2. The second-order valence-corrected chi connectivity index (χ2v) is 5.16. The van der Waals surface area contributed by atoms with Crippen LogP contribution in [-0.4, -0.2) is 25.0 Å². The summed E-state index contributed by atoms with van der Waals surface area (Å²) in [6.45, 7) is 6.13. The Bertz CT molecular complexity index is 519. The Morgan fingerprint density at radius 1 is 1.00 bits per heavy atom. The minimum atomic E-state index is 0.686. The maximum absolute atomic E-state index is 5.64. The lowest BCUT2D eigenvalue weighted by Gasteiger charge is -2.07. The van der Waals surface area contributed by atoms with Gasteiger partial charge in [0.1, 0.15) is 11.5 Å². The lowest BCUT2D eigenvalue weighted by Crippen LogP contribution is -2.04. The van der Waals surface area contributed by atoms with Crippen LogP contribution in [0.2, 0.25) is 0 Å². The number of nitrogens with zero attached hydrogens (tertiary/aromatic N) is 1. The fraction of sp³-hybridized carbons (Fsp3) is 0.471. The lowest BCUT2D eigenvalue weighted by molar-refractivity contribution is 0.117. The van der Waals surface area contributed by atoms with Crippen molar-refractivity contribution in [2.24, 2.45) is 0 Å². The van der Waals surface area contributed by atoms with Crippen molar-refractivity contribution >= 4 is 0 Å². The van der Waals surface area contributed by atoms with Crippen molar-refractivity contribution in [2.75, 3.05) is 19.8 Å². The van der Waals surface area contributed by atoms with Crippen LogP contribution in [0, 0.1) is 13.8 Å². The molecule has 114 valence electrons. The topological polar surface area (TPSA) is 44.5 Å². The van der Waals surface area contributed by atoms with Crippen LogP contribution in [0.5, 0.6) is 5.75 Å². The van der Waals surface area contributed by atoms with Gasteiger partial charge in [0, 0.05) is 25.7 Å². The molecule has 1 aromatic carbocycles. The third-order valence-corrected chi connectivity index (χ3v) is 3.12. The maximum Gasteiger partial charge on any atom is 0.133 e. The molecule has 0 N–H and O–H groups in total. The number of aromatic nitrogens is 1. The summed E-state index contributed by atoms with van der Waals surface area (Å²) in [6, 6.07) is 10.1. The number of hydrogen-bond donors (Lipinski definition) is 0. The summed E-state index contributed by atoms with van der Waals surface area (Å²) in [5.74, 6) is 1.78. The molecule has 1 aromatic heterocycles. The van der Waals surface area contributed by atoms with E-state index in [1.165, 1.54) is 5.56 Å². The molecule has 0 spiro atoms. The third kappa shape index (κ3) is 6.00. The van der Waals surface area contributed by atoms with Gasteiger partial charge >= 0.3 is 0 Å². The summed E-state index contributed by atoms with van der Waals surface area (Å²) in [7, 11) is 0. The normalized spacial score (nSPS) is 10.8. The van der Waals surface area contributed by atoms with Crippen LogP contribution >= 0.6 is 0 Å². The van der Waals surface area contributed by atoms with E-state index in [0.717, 1.165) is 49.7 Å². The highest BCUT2D eigenvalue weighted by Gasteiger charge is 2.00. The van der Waals surface area contributed by atoms with Gasteiger partial charge in [-0.25, -0.2) is 0 Å². The molecule has 4 nitrogen and oxygen atoms in total. The van der Waals surface area contributed by atoms with Crippen LogP contribution < -0.4 is 4.74 Å². The van der Waals surface area contributed by atoms with Gasteiger partial charge in [0.05, 0.1) is 12.3 Å². The molecule has 0 aliphatic carbocycles. The van der Waals surface area contributed by atoms with Crippen molar-refractivity contribution < 1.29 is 14.0 Å².